The number of halogens is 1. The second kappa shape index (κ2) is 13.9. The number of piperidine rings is 1. The maximum absolute atomic E-state index is 13.9. The number of methoxy groups -OCH3 is 1. The average Bonchev–Trinajstić information content (AvgIpc) is 3.01. The van der Waals surface area contributed by atoms with Gasteiger partial charge in [-0.25, -0.2) is 0 Å². The molecule has 2 heterocycles. The van der Waals surface area contributed by atoms with Crippen molar-refractivity contribution in [1.82, 2.24) is 15.1 Å². The molecule has 2 saturated heterocycles. The van der Waals surface area contributed by atoms with Gasteiger partial charge in [0.1, 0.15) is 18.2 Å². The molecule has 3 fully saturated rings. The van der Waals surface area contributed by atoms with Gasteiger partial charge in [-0.2, -0.15) is 0 Å². The molecule has 2 aliphatic heterocycles. The molecule has 43 heavy (non-hydrogen) atoms. The van der Waals surface area contributed by atoms with Crippen LogP contribution in [0.4, 0.5) is 0 Å². The highest BCUT2D eigenvalue weighted by atomic mass is 35.5. The highest BCUT2D eigenvalue weighted by molar-refractivity contribution is 6.30. The molecule has 1 aliphatic carbocycles. The van der Waals surface area contributed by atoms with E-state index in [1.165, 1.54) is 0 Å². The fraction of sp³-hybridized carbons (Fsp3) is 0.588. The number of nitrogens with zero attached hydrogens (tertiary/aromatic N) is 2. The van der Waals surface area contributed by atoms with Gasteiger partial charge in [-0.05, 0) is 67.5 Å². The third-order valence-corrected chi connectivity index (χ3v) is 9.79. The van der Waals surface area contributed by atoms with Crippen molar-refractivity contribution in [3.8, 4) is 11.5 Å². The molecule has 1 saturated carbocycles. The number of benzene rings is 2. The largest absolute Gasteiger partial charge is 0.493 e. The van der Waals surface area contributed by atoms with E-state index in [4.69, 9.17) is 21.1 Å². The third-order valence-electron chi connectivity index (χ3n) is 9.54. The van der Waals surface area contributed by atoms with Gasteiger partial charge in [0.25, 0.3) is 0 Å². The van der Waals surface area contributed by atoms with Gasteiger partial charge in [-0.15, -0.1) is 0 Å². The van der Waals surface area contributed by atoms with Crippen LogP contribution in [0.5, 0.6) is 11.5 Å². The summed E-state index contributed by atoms with van der Waals surface area (Å²) >= 11 is 5.99. The molecule has 3 aliphatic rings. The molecule has 2 aromatic carbocycles. The molecule has 2 N–H and O–H groups in total. The van der Waals surface area contributed by atoms with Gasteiger partial charge < -0.3 is 24.8 Å². The zero-order valence-corrected chi connectivity index (χ0v) is 26.3. The Morgan fingerprint density at radius 3 is 2.35 bits per heavy atom. The molecule has 8 nitrogen and oxygen atoms in total. The predicted octanol–water partition coefficient (Wildman–Crippen LogP) is 5.47. The maximum atomic E-state index is 13.9. The number of rotatable bonds is 11. The molecule has 9 heteroatoms. The lowest BCUT2D eigenvalue weighted by Crippen LogP contribution is -2.73. The quantitative estimate of drug-likeness (QED) is 0.350. The summed E-state index contributed by atoms with van der Waals surface area (Å²) in [5.74, 6) is 1.26. The molecular formula is C34H46ClN3O5. The first kappa shape index (κ1) is 31.6. The molecule has 0 radical (unpaired) electrons. The number of aliphatic hydroxyl groups is 1. The lowest BCUT2D eigenvalue weighted by molar-refractivity contribution is -0.163. The average molecular weight is 612 g/mol. The van der Waals surface area contributed by atoms with Crippen LogP contribution >= 0.6 is 11.6 Å². The van der Waals surface area contributed by atoms with Gasteiger partial charge >= 0.3 is 0 Å². The summed E-state index contributed by atoms with van der Waals surface area (Å²) in [4.78, 5) is 31.8. The lowest BCUT2D eigenvalue weighted by Gasteiger charge is -2.52. The Balaban J connectivity index is 1.22. The van der Waals surface area contributed by atoms with Crippen molar-refractivity contribution in [2.24, 2.45) is 0 Å². The Bertz CT molecular complexity index is 1260. The highest BCUT2D eigenvalue weighted by Crippen LogP contribution is 2.38. The van der Waals surface area contributed by atoms with Crippen molar-refractivity contribution >= 4 is 23.4 Å². The molecule has 2 amide bonds. The van der Waals surface area contributed by atoms with E-state index in [0.717, 1.165) is 43.2 Å². The van der Waals surface area contributed by atoms with Crippen LogP contribution in [0.15, 0.2) is 42.5 Å². The van der Waals surface area contributed by atoms with Crippen LogP contribution in [0.3, 0.4) is 0 Å². The van der Waals surface area contributed by atoms with Gasteiger partial charge in [0.2, 0.25) is 11.8 Å². The Kier molecular flexibility index (Phi) is 10.2. The van der Waals surface area contributed by atoms with E-state index in [2.05, 4.69) is 23.2 Å². The number of likely N-dealkylation sites (tertiary alicyclic amines) is 1. The lowest BCUT2D eigenvalue weighted by atomic mass is 9.77. The third kappa shape index (κ3) is 7.30. The summed E-state index contributed by atoms with van der Waals surface area (Å²) in [7, 11) is 1.64. The van der Waals surface area contributed by atoms with Crippen LogP contribution in [0.1, 0.15) is 82.3 Å². The zero-order chi connectivity index (χ0) is 30.5. The second-order valence-electron chi connectivity index (χ2n) is 12.6. The van der Waals surface area contributed by atoms with Crippen molar-refractivity contribution in [1.29, 1.82) is 0 Å². The van der Waals surface area contributed by atoms with E-state index in [0.29, 0.717) is 81.4 Å². The molecule has 5 rings (SSSR count). The Labute approximate surface area is 260 Å². The topological polar surface area (TPSA) is 91.3 Å². The van der Waals surface area contributed by atoms with Crippen LogP contribution in [0, 0.1) is 0 Å². The fourth-order valence-corrected chi connectivity index (χ4v) is 7.08. The van der Waals surface area contributed by atoms with E-state index < -0.39 is 17.2 Å². The summed E-state index contributed by atoms with van der Waals surface area (Å²) in [6, 6.07) is 12.9. The number of hydrogen-bond donors (Lipinski definition) is 2. The zero-order valence-electron chi connectivity index (χ0n) is 25.6. The van der Waals surface area contributed by atoms with Crippen LogP contribution in [-0.2, 0) is 22.7 Å². The molecule has 1 atom stereocenters. The van der Waals surface area contributed by atoms with Crippen LogP contribution in [-0.4, -0.2) is 70.6 Å². The summed E-state index contributed by atoms with van der Waals surface area (Å²) in [5, 5.41) is 14.9. The van der Waals surface area contributed by atoms with Crippen LogP contribution in [0.25, 0.3) is 0 Å². The van der Waals surface area contributed by atoms with Gasteiger partial charge in [-0.3, -0.25) is 14.5 Å². The number of unbranched alkanes of at least 4 members (excludes halogenated alkanes) is 1. The van der Waals surface area contributed by atoms with E-state index in [-0.39, 0.29) is 11.8 Å². The van der Waals surface area contributed by atoms with Crippen LogP contribution in [0.2, 0.25) is 5.02 Å². The SMILES string of the molecule is CCCCN1C(=O)[C@@H](CC2(O)CCCCC2)NC(=O)C12CCN(Cc1ccc(OCc3ccc(Cl)cc3)c(OC)c1)CC2. The first-order chi connectivity index (χ1) is 20.7. The summed E-state index contributed by atoms with van der Waals surface area (Å²) in [5.41, 5.74) is 0.422. The number of amides is 2. The van der Waals surface area contributed by atoms with E-state index in [1.807, 2.05) is 41.3 Å². The number of carbonyl (C=O) groups is 2. The van der Waals surface area contributed by atoms with E-state index >= 15 is 0 Å². The summed E-state index contributed by atoms with van der Waals surface area (Å²) in [6.45, 7) is 5.21. The predicted molar refractivity (Wildman–Crippen MR) is 167 cm³/mol. The number of hydrogen-bond acceptors (Lipinski definition) is 6. The number of ether oxygens (including phenoxy) is 2. The van der Waals surface area contributed by atoms with Gasteiger partial charge in [-0.1, -0.05) is 62.4 Å². The van der Waals surface area contributed by atoms with Crippen molar-refractivity contribution < 1.29 is 24.2 Å². The van der Waals surface area contributed by atoms with Gasteiger partial charge in [0.15, 0.2) is 11.5 Å². The minimum absolute atomic E-state index is 0.0283. The van der Waals surface area contributed by atoms with Crippen molar-refractivity contribution in [3.05, 3.63) is 58.6 Å². The smallest absolute Gasteiger partial charge is 0.246 e. The Morgan fingerprint density at radius 2 is 1.67 bits per heavy atom. The highest BCUT2D eigenvalue weighted by Gasteiger charge is 2.54. The molecule has 0 aromatic heterocycles. The summed E-state index contributed by atoms with van der Waals surface area (Å²) < 4.78 is 11.7. The molecule has 2 aromatic rings. The van der Waals surface area contributed by atoms with E-state index in [9.17, 15) is 14.7 Å². The molecular weight excluding hydrogens is 566 g/mol. The normalized spacial score (nSPS) is 22.0. The molecule has 1 spiro atoms. The van der Waals surface area contributed by atoms with Gasteiger partial charge in [0, 0.05) is 37.6 Å². The maximum Gasteiger partial charge on any atom is 0.246 e. The second-order valence-corrected chi connectivity index (χ2v) is 13.0. The monoisotopic (exact) mass is 611 g/mol. The van der Waals surface area contributed by atoms with Gasteiger partial charge in [0.05, 0.1) is 12.7 Å². The number of carbonyl (C=O) groups excluding carboxylic acids is 2. The van der Waals surface area contributed by atoms with Crippen molar-refractivity contribution in [2.45, 2.75) is 101 Å². The van der Waals surface area contributed by atoms with E-state index in [1.54, 1.807) is 7.11 Å². The number of piperazine rings is 1. The first-order valence-corrected chi connectivity index (χ1v) is 16.2. The Hall–Kier alpha value is -2.81. The Morgan fingerprint density at radius 1 is 0.977 bits per heavy atom. The van der Waals surface area contributed by atoms with Crippen molar-refractivity contribution in [2.75, 3.05) is 26.7 Å². The van der Waals surface area contributed by atoms with Crippen LogP contribution < -0.4 is 14.8 Å². The minimum atomic E-state index is -0.867. The standard InChI is InChI=1S/C34H46ClN3O5/c1-3-4-18-38-31(39)28(22-33(41)14-6-5-7-15-33)36-32(40)34(38)16-19-37(20-17-34)23-26-10-13-29(30(21-26)42-2)43-24-25-8-11-27(35)12-9-25/h8-13,21,28,41H,3-7,14-20,22-24H2,1-2H3,(H,36,40)/t28-/m1/s1. The minimum Gasteiger partial charge on any atom is -0.493 e. The molecule has 234 valence electrons. The van der Waals surface area contributed by atoms with Crippen molar-refractivity contribution in [3.63, 3.8) is 0 Å². The number of nitrogens with one attached hydrogen (secondary N) is 1. The molecule has 0 unspecified atom stereocenters. The molecule has 0 bridgehead atoms. The first-order valence-electron chi connectivity index (χ1n) is 15.9. The fourth-order valence-electron chi connectivity index (χ4n) is 6.96. The summed E-state index contributed by atoms with van der Waals surface area (Å²) in [6.07, 6.45) is 7.73.